The highest BCUT2D eigenvalue weighted by atomic mass is 19.1. The molecule has 4 aromatic rings. The number of carbonyl (C=O) groups excluding carboxylic acids is 2. The number of rotatable bonds is 6. The molecule has 0 aliphatic heterocycles. The second-order valence-corrected chi connectivity index (χ2v) is 7.02. The van der Waals surface area contributed by atoms with Gasteiger partial charge in [-0.15, -0.1) is 0 Å². The van der Waals surface area contributed by atoms with Crippen molar-refractivity contribution < 1.29 is 23.5 Å². The minimum absolute atomic E-state index is 0.262. The van der Waals surface area contributed by atoms with E-state index in [0.29, 0.717) is 16.9 Å². The Hall–Kier alpha value is -4.52. The van der Waals surface area contributed by atoms with Crippen LogP contribution in [-0.2, 0) is 0 Å². The second-order valence-electron chi connectivity index (χ2n) is 7.02. The molecule has 0 saturated heterocycles. The molecule has 0 fully saturated rings. The van der Waals surface area contributed by atoms with Crippen LogP contribution in [0.4, 0.5) is 4.39 Å². The molecule has 0 spiro atoms. The lowest BCUT2D eigenvalue weighted by Gasteiger charge is -2.11. The number of hydrazone groups is 1. The molecule has 0 aliphatic carbocycles. The number of benzene rings is 4. The van der Waals surface area contributed by atoms with Crippen molar-refractivity contribution in [3.05, 3.63) is 107 Å². The first-order valence-corrected chi connectivity index (χ1v) is 10.0. The molecule has 0 aliphatic rings. The van der Waals surface area contributed by atoms with Gasteiger partial charge in [-0.2, -0.15) is 5.10 Å². The highest BCUT2D eigenvalue weighted by Crippen LogP contribution is 2.27. The minimum atomic E-state index is -0.544. The van der Waals surface area contributed by atoms with Crippen LogP contribution in [0.3, 0.4) is 0 Å². The van der Waals surface area contributed by atoms with Crippen LogP contribution in [0.15, 0.2) is 90.0 Å². The Morgan fingerprint density at radius 1 is 0.879 bits per heavy atom. The van der Waals surface area contributed by atoms with Gasteiger partial charge in [0.2, 0.25) is 0 Å². The molecule has 33 heavy (non-hydrogen) atoms. The van der Waals surface area contributed by atoms with Crippen LogP contribution >= 0.6 is 0 Å². The normalized spacial score (nSPS) is 10.8. The highest BCUT2D eigenvalue weighted by Gasteiger charge is 2.14. The number of nitrogens with zero attached hydrogens (tertiary/aromatic N) is 1. The number of ether oxygens (including phenoxy) is 2. The highest BCUT2D eigenvalue weighted by molar-refractivity contribution is 6.04. The Morgan fingerprint density at radius 2 is 1.58 bits per heavy atom. The smallest absolute Gasteiger partial charge is 0.343 e. The van der Waals surface area contributed by atoms with Gasteiger partial charge in [0.1, 0.15) is 17.3 Å². The maximum Gasteiger partial charge on any atom is 0.343 e. The van der Waals surface area contributed by atoms with E-state index >= 15 is 0 Å². The number of hydrogen-bond donors (Lipinski definition) is 1. The molecule has 1 amide bonds. The Bertz CT molecular complexity index is 1330. The van der Waals surface area contributed by atoms with Crippen LogP contribution in [0, 0.1) is 5.82 Å². The van der Waals surface area contributed by atoms with E-state index < -0.39 is 17.7 Å². The average molecular weight is 442 g/mol. The topological polar surface area (TPSA) is 77.0 Å². The predicted octanol–water partition coefficient (Wildman–Crippen LogP) is 4.97. The van der Waals surface area contributed by atoms with Gasteiger partial charge in [0.15, 0.2) is 0 Å². The molecule has 7 heteroatoms. The number of amides is 1. The molecule has 0 heterocycles. The summed E-state index contributed by atoms with van der Waals surface area (Å²) in [5.41, 5.74) is 3.55. The summed E-state index contributed by atoms with van der Waals surface area (Å²) in [5.74, 6) is -0.563. The van der Waals surface area contributed by atoms with Crippen LogP contribution < -0.4 is 14.9 Å². The summed E-state index contributed by atoms with van der Waals surface area (Å²) in [5, 5.41) is 5.73. The van der Waals surface area contributed by atoms with Gasteiger partial charge in [-0.3, -0.25) is 4.79 Å². The lowest BCUT2D eigenvalue weighted by atomic mass is 10.0. The van der Waals surface area contributed by atoms with E-state index in [0.717, 1.165) is 10.8 Å². The standard InChI is InChI=1S/C26H19FN2O4/c1-32-21-13-8-19(9-14-21)26(31)33-24-15-10-17-4-2-3-5-22(17)23(24)16-28-29-25(30)18-6-11-20(27)12-7-18/h2-16H,1H3,(H,29,30)/b28-16-. The van der Waals surface area contributed by atoms with Gasteiger partial charge >= 0.3 is 5.97 Å². The number of esters is 1. The molecule has 4 rings (SSSR count). The lowest BCUT2D eigenvalue weighted by molar-refractivity contribution is 0.0734. The van der Waals surface area contributed by atoms with Crippen LogP contribution in [-0.4, -0.2) is 25.2 Å². The molecule has 164 valence electrons. The first-order valence-electron chi connectivity index (χ1n) is 10.0. The van der Waals surface area contributed by atoms with Crippen molar-refractivity contribution >= 4 is 28.9 Å². The Kier molecular flexibility index (Phi) is 6.40. The first kappa shape index (κ1) is 21.7. The van der Waals surface area contributed by atoms with Crippen LogP contribution in [0.2, 0.25) is 0 Å². The third kappa shape index (κ3) is 5.04. The van der Waals surface area contributed by atoms with E-state index in [1.807, 2.05) is 30.3 Å². The van der Waals surface area contributed by atoms with Gasteiger partial charge in [-0.1, -0.05) is 30.3 Å². The zero-order valence-electron chi connectivity index (χ0n) is 17.6. The largest absolute Gasteiger partial charge is 0.497 e. The fourth-order valence-electron chi connectivity index (χ4n) is 3.20. The fourth-order valence-corrected chi connectivity index (χ4v) is 3.20. The third-order valence-corrected chi connectivity index (χ3v) is 4.93. The second kappa shape index (κ2) is 9.74. The van der Waals surface area contributed by atoms with Gasteiger partial charge in [-0.05, 0) is 65.4 Å². The SMILES string of the molecule is COc1ccc(C(=O)Oc2ccc3ccccc3c2/C=N\NC(=O)c2ccc(F)cc2)cc1. The Balaban J connectivity index is 1.60. The molecule has 6 nitrogen and oxygen atoms in total. The number of nitrogens with one attached hydrogen (secondary N) is 1. The van der Waals surface area contributed by atoms with Crippen molar-refractivity contribution in [1.29, 1.82) is 0 Å². The van der Waals surface area contributed by atoms with Crippen molar-refractivity contribution in [3.8, 4) is 11.5 Å². The summed E-state index contributed by atoms with van der Waals surface area (Å²) < 4.78 is 23.8. The van der Waals surface area contributed by atoms with Crippen LogP contribution in [0.25, 0.3) is 10.8 Å². The summed E-state index contributed by atoms with van der Waals surface area (Å²) in [6.45, 7) is 0. The fraction of sp³-hybridized carbons (Fsp3) is 0.0385. The van der Waals surface area contributed by atoms with E-state index in [1.54, 1.807) is 37.4 Å². The Labute approximate surface area is 189 Å². The van der Waals surface area contributed by atoms with E-state index in [9.17, 15) is 14.0 Å². The van der Waals surface area contributed by atoms with E-state index in [4.69, 9.17) is 9.47 Å². The van der Waals surface area contributed by atoms with Crippen LogP contribution in [0.1, 0.15) is 26.3 Å². The van der Waals surface area contributed by atoms with Crippen molar-refractivity contribution in [2.45, 2.75) is 0 Å². The molecule has 1 N–H and O–H groups in total. The maximum absolute atomic E-state index is 13.1. The summed E-state index contributed by atoms with van der Waals surface area (Å²) in [6.07, 6.45) is 1.42. The molecule has 0 saturated carbocycles. The van der Waals surface area contributed by atoms with Gasteiger partial charge < -0.3 is 9.47 Å². The molecule has 0 bridgehead atoms. The number of halogens is 1. The van der Waals surface area contributed by atoms with Gasteiger partial charge in [-0.25, -0.2) is 14.6 Å². The number of methoxy groups -OCH3 is 1. The third-order valence-electron chi connectivity index (χ3n) is 4.93. The maximum atomic E-state index is 13.1. The summed E-state index contributed by atoms with van der Waals surface area (Å²) >= 11 is 0. The molecular weight excluding hydrogens is 423 g/mol. The monoisotopic (exact) mass is 442 g/mol. The number of hydrogen-bond acceptors (Lipinski definition) is 5. The molecule has 0 radical (unpaired) electrons. The van der Waals surface area contributed by atoms with Crippen molar-refractivity contribution in [2.75, 3.05) is 7.11 Å². The minimum Gasteiger partial charge on any atom is -0.497 e. The summed E-state index contributed by atoms with van der Waals surface area (Å²) in [7, 11) is 1.54. The summed E-state index contributed by atoms with van der Waals surface area (Å²) in [4.78, 5) is 25.0. The van der Waals surface area contributed by atoms with Gasteiger partial charge in [0.05, 0.1) is 18.9 Å². The molecular formula is C26H19FN2O4. The molecule has 0 aromatic heterocycles. The van der Waals surface area contributed by atoms with Gasteiger partial charge in [0, 0.05) is 11.1 Å². The van der Waals surface area contributed by atoms with Crippen molar-refractivity contribution in [2.24, 2.45) is 5.10 Å². The first-order chi connectivity index (χ1) is 16.0. The van der Waals surface area contributed by atoms with E-state index in [1.165, 1.54) is 30.5 Å². The summed E-state index contributed by atoms with van der Waals surface area (Å²) in [6, 6.07) is 22.7. The number of carbonyl (C=O) groups is 2. The predicted molar refractivity (Wildman–Crippen MR) is 123 cm³/mol. The molecule has 4 aromatic carbocycles. The number of fused-ring (bicyclic) bond motifs is 1. The quantitative estimate of drug-likeness (QED) is 0.198. The van der Waals surface area contributed by atoms with Crippen LogP contribution in [0.5, 0.6) is 11.5 Å². The zero-order valence-corrected chi connectivity index (χ0v) is 17.6. The molecule has 0 unspecified atom stereocenters. The molecule has 0 atom stereocenters. The Morgan fingerprint density at radius 3 is 2.30 bits per heavy atom. The van der Waals surface area contributed by atoms with Gasteiger partial charge in [0.25, 0.3) is 5.91 Å². The van der Waals surface area contributed by atoms with E-state index in [2.05, 4.69) is 10.5 Å². The average Bonchev–Trinajstić information content (AvgIpc) is 2.85. The van der Waals surface area contributed by atoms with E-state index in [-0.39, 0.29) is 11.3 Å². The van der Waals surface area contributed by atoms with Crippen molar-refractivity contribution in [1.82, 2.24) is 5.43 Å². The van der Waals surface area contributed by atoms with Crippen molar-refractivity contribution in [3.63, 3.8) is 0 Å². The lowest BCUT2D eigenvalue weighted by Crippen LogP contribution is -2.17. The zero-order chi connectivity index (χ0) is 23.2.